The Hall–Kier alpha value is -4.32. The molecule has 0 unspecified atom stereocenters. The lowest BCUT2D eigenvalue weighted by Gasteiger charge is -2.43. The quantitative estimate of drug-likeness (QED) is 0.343. The van der Waals surface area contributed by atoms with Crippen LogP contribution in [0.25, 0.3) is 6.08 Å². The summed E-state index contributed by atoms with van der Waals surface area (Å²) in [5.41, 5.74) is 2.47. The van der Waals surface area contributed by atoms with E-state index < -0.39 is 0 Å². The molecule has 0 N–H and O–H groups in total. The van der Waals surface area contributed by atoms with Gasteiger partial charge in [-0.15, -0.1) is 0 Å². The Bertz CT molecular complexity index is 1290. The van der Waals surface area contributed by atoms with Gasteiger partial charge in [-0.3, -0.25) is 9.59 Å². The first kappa shape index (κ1) is 21.5. The van der Waals surface area contributed by atoms with E-state index in [-0.39, 0.29) is 29.7 Å². The number of rotatable bonds is 5. The normalized spacial score (nSPS) is 17.5. The van der Waals surface area contributed by atoms with Crippen molar-refractivity contribution in [2.45, 2.75) is 25.4 Å². The van der Waals surface area contributed by atoms with E-state index >= 15 is 0 Å². The fourth-order valence-electron chi connectivity index (χ4n) is 4.52. The number of benzene rings is 2. The molecule has 6 heteroatoms. The van der Waals surface area contributed by atoms with Crippen LogP contribution in [-0.4, -0.2) is 17.9 Å². The van der Waals surface area contributed by atoms with Crippen molar-refractivity contribution in [3.8, 4) is 0 Å². The molecule has 0 fully saturated rings. The number of furan rings is 2. The number of nitrogens with zero attached hydrogens (tertiary/aromatic N) is 2. The molecule has 4 aromatic rings. The number of carbonyl (C=O) groups excluding carboxylic acids is 2. The highest BCUT2D eigenvalue weighted by Gasteiger charge is 2.39. The maximum atomic E-state index is 13.6. The second kappa shape index (κ2) is 9.27. The Kier molecular flexibility index (Phi) is 5.87. The van der Waals surface area contributed by atoms with E-state index in [0.29, 0.717) is 12.2 Å². The van der Waals surface area contributed by atoms with Gasteiger partial charge in [-0.1, -0.05) is 36.4 Å². The third-order valence-corrected chi connectivity index (χ3v) is 6.03. The van der Waals surface area contributed by atoms with Gasteiger partial charge in [-0.05, 0) is 67.4 Å². The van der Waals surface area contributed by atoms with E-state index in [1.807, 2.05) is 61.5 Å². The lowest BCUT2D eigenvalue weighted by Crippen LogP contribution is -2.47. The largest absolute Gasteiger partial charge is 0.465 e. The smallest absolute Gasteiger partial charge is 0.294 e. The minimum Gasteiger partial charge on any atom is -0.465 e. The number of fused-ring (bicyclic) bond motifs is 1. The third-order valence-electron chi connectivity index (χ3n) is 6.03. The molecule has 1 aliphatic rings. The number of amides is 2. The molecule has 3 heterocycles. The highest BCUT2D eigenvalue weighted by atomic mass is 16.3. The Morgan fingerprint density at radius 3 is 2.38 bits per heavy atom. The van der Waals surface area contributed by atoms with Crippen LogP contribution in [0.4, 0.5) is 11.4 Å². The molecule has 0 spiro atoms. The molecule has 6 nitrogen and oxygen atoms in total. The lowest BCUT2D eigenvalue weighted by atomic mass is 9.89. The van der Waals surface area contributed by atoms with E-state index in [2.05, 4.69) is 0 Å². The summed E-state index contributed by atoms with van der Waals surface area (Å²) in [6, 6.07) is 23.9. The van der Waals surface area contributed by atoms with E-state index in [4.69, 9.17) is 8.83 Å². The van der Waals surface area contributed by atoms with Crippen molar-refractivity contribution in [2.24, 2.45) is 0 Å². The van der Waals surface area contributed by atoms with Crippen LogP contribution in [0.15, 0.2) is 106 Å². The van der Waals surface area contributed by atoms with Gasteiger partial charge in [0.05, 0.1) is 18.6 Å². The standard InChI is InChI=1S/C28H24N2O4/c1-20-19-25(23-12-5-6-13-24(23)29(20)28(32)26-14-8-18-34-26)30(21-9-3-2-4-10-21)27(31)16-15-22-11-7-17-33-22/h2-18,20,25H,19H2,1H3/b16-15+/t20-,25-/m0/s1. The van der Waals surface area contributed by atoms with Gasteiger partial charge in [0, 0.05) is 23.5 Å². The summed E-state index contributed by atoms with van der Waals surface area (Å²) in [5.74, 6) is 0.533. The highest BCUT2D eigenvalue weighted by Crippen LogP contribution is 2.42. The van der Waals surface area contributed by atoms with Crippen molar-refractivity contribution in [3.05, 3.63) is 115 Å². The van der Waals surface area contributed by atoms with Gasteiger partial charge in [0.2, 0.25) is 0 Å². The number of carbonyl (C=O) groups is 2. The third kappa shape index (κ3) is 4.06. The van der Waals surface area contributed by atoms with Crippen LogP contribution in [-0.2, 0) is 4.79 Å². The molecule has 2 aromatic heterocycles. The van der Waals surface area contributed by atoms with E-state index in [1.165, 1.54) is 12.3 Å². The summed E-state index contributed by atoms with van der Waals surface area (Å²) < 4.78 is 10.7. The van der Waals surface area contributed by atoms with Gasteiger partial charge in [0.15, 0.2) is 5.76 Å². The molecule has 0 radical (unpaired) electrons. The van der Waals surface area contributed by atoms with Gasteiger partial charge in [-0.2, -0.15) is 0 Å². The van der Waals surface area contributed by atoms with Crippen molar-refractivity contribution in [1.29, 1.82) is 0 Å². The van der Waals surface area contributed by atoms with Gasteiger partial charge < -0.3 is 18.6 Å². The van der Waals surface area contributed by atoms with Crippen molar-refractivity contribution in [1.82, 2.24) is 0 Å². The van der Waals surface area contributed by atoms with Crippen molar-refractivity contribution in [2.75, 3.05) is 9.80 Å². The van der Waals surface area contributed by atoms with Crippen LogP contribution in [0.5, 0.6) is 0 Å². The summed E-state index contributed by atoms with van der Waals surface area (Å²) in [6.45, 7) is 2.00. The molecule has 0 aliphatic carbocycles. The number of para-hydroxylation sites is 2. The molecular formula is C28H24N2O4. The molecule has 34 heavy (non-hydrogen) atoms. The van der Waals surface area contributed by atoms with Crippen LogP contribution in [0.3, 0.4) is 0 Å². The van der Waals surface area contributed by atoms with Crippen molar-refractivity contribution < 1.29 is 18.4 Å². The van der Waals surface area contributed by atoms with Gasteiger partial charge in [-0.25, -0.2) is 0 Å². The van der Waals surface area contributed by atoms with Crippen LogP contribution >= 0.6 is 0 Å². The first-order chi connectivity index (χ1) is 16.6. The summed E-state index contributed by atoms with van der Waals surface area (Å²) in [7, 11) is 0. The van der Waals surface area contributed by atoms with E-state index in [9.17, 15) is 9.59 Å². The zero-order valence-electron chi connectivity index (χ0n) is 18.7. The maximum absolute atomic E-state index is 13.6. The number of hydrogen-bond donors (Lipinski definition) is 0. The number of hydrogen-bond acceptors (Lipinski definition) is 4. The Morgan fingerprint density at radius 2 is 1.65 bits per heavy atom. The first-order valence-electron chi connectivity index (χ1n) is 11.2. The predicted molar refractivity (Wildman–Crippen MR) is 130 cm³/mol. The van der Waals surface area contributed by atoms with Crippen molar-refractivity contribution in [3.63, 3.8) is 0 Å². The second-order valence-corrected chi connectivity index (χ2v) is 8.20. The average Bonchev–Trinajstić information content (AvgIpc) is 3.58. The van der Waals surface area contributed by atoms with E-state index in [1.54, 1.807) is 46.4 Å². The van der Waals surface area contributed by atoms with E-state index in [0.717, 1.165) is 16.9 Å². The molecular weight excluding hydrogens is 428 g/mol. The zero-order valence-corrected chi connectivity index (χ0v) is 18.7. The molecule has 5 rings (SSSR count). The fourth-order valence-corrected chi connectivity index (χ4v) is 4.52. The van der Waals surface area contributed by atoms with Gasteiger partial charge in [0.25, 0.3) is 11.8 Å². The topological polar surface area (TPSA) is 66.9 Å². The minimum atomic E-state index is -0.261. The van der Waals surface area contributed by atoms with Gasteiger partial charge in [0.1, 0.15) is 5.76 Å². The van der Waals surface area contributed by atoms with Crippen LogP contribution < -0.4 is 9.80 Å². The average molecular weight is 453 g/mol. The van der Waals surface area contributed by atoms with Crippen LogP contribution in [0, 0.1) is 0 Å². The second-order valence-electron chi connectivity index (χ2n) is 8.20. The summed E-state index contributed by atoms with van der Waals surface area (Å²) in [6.07, 6.45) is 6.84. The zero-order chi connectivity index (χ0) is 23.5. The molecule has 0 saturated heterocycles. The van der Waals surface area contributed by atoms with Crippen molar-refractivity contribution >= 4 is 29.3 Å². The first-order valence-corrected chi connectivity index (χ1v) is 11.2. The Labute approximate surface area is 197 Å². The van der Waals surface area contributed by atoms with Crippen LogP contribution in [0.1, 0.15) is 41.3 Å². The summed E-state index contributed by atoms with van der Waals surface area (Å²) in [4.78, 5) is 30.4. The SMILES string of the molecule is C[C@H]1C[C@H](N(C(=O)/C=C/c2ccco2)c2ccccc2)c2ccccc2N1C(=O)c1ccco1. The molecule has 1 aliphatic heterocycles. The molecule has 2 aromatic carbocycles. The maximum Gasteiger partial charge on any atom is 0.294 e. The highest BCUT2D eigenvalue weighted by molar-refractivity contribution is 6.07. The lowest BCUT2D eigenvalue weighted by molar-refractivity contribution is -0.114. The summed E-state index contributed by atoms with van der Waals surface area (Å²) >= 11 is 0. The van der Waals surface area contributed by atoms with Gasteiger partial charge >= 0.3 is 0 Å². The number of anilines is 2. The van der Waals surface area contributed by atoms with Crippen LogP contribution in [0.2, 0.25) is 0 Å². The molecule has 0 saturated carbocycles. The minimum absolute atomic E-state index is 0.162. The molecule has 2 atom stereocenters. The fraction of sp³-hybridized carbons (Fsp3) is 0.143. The Balaban J connectivity index is 1.56. The summed E-state index contributed by atoms with van der Waals surface area (Å²) in [5, 5.41) is 0. The molecule has 0 bridgehead atoms. The molecule has 170 valence electrons. The Morgan fingerprint density at radius 1 is 0.912 bits per heavy atom. The monoisotopic (exact) mass is 452 g/mol. The predicted octanol–water partition coefficient (Wildman–Crippen LogP) is 6.10. The molecule has 2 amide bonds.